The van der Waals surface area contributed by atoms with E-state index in [-0.39, 0.29) is 23.4 Å². The van der Waals surface area contributed by atoms with Crippen LogP contribution in [-0.4, -0.2) is 25.0 Å². The molecule has 0 radical (unpaired) electrons. The number of carbonyl (C=O) groups excluding carboxylic acids is 1. The second-order valence-electron chi connectivity index (χ2n) is 8.67. The Morgan fingerprint density at radius 2 is 1.58 bits per heavy atom. The van der Waals surface area contributed by atoms with E-state index in [9.17, 15) is 4.79 Å². The fourth-order valence-corrected chi connectivity index (χ4v) is 3.09. The Bertz CT molecular complexity index is 938. The smallest absolute Gasteiger partial charge is 0.185 e. The van der Waals surface area contributed by atoms with E-state index in [1.165, 1.54) is 0 Å². The van der Waals surface area contributed by atoms with Crippen molar-refractivity contribution in [2.75, 3.05) is 12.4 Å². The molecular weight excluding hydrogens is 386 g/mol. The summed E-state index contributed by atoms with van der Waals surface area (Å²) in [7, 11) is 1.85. The second-order valence-corrected chi connectivity index (χ2v) is 8.67. The van der Waals surface area contributed by atoms with Crippen LogP contribution in [0.1, 0.15) is 63.0 Å². The predicted octanol–water partition coefficient (Wildman–Crippen LogP) is 6.66. The van der Waals surface area contributed by atoms with E-state index in [0.29, 0.717) is 11.3 Å². The minimum absolute atomic E-state index is 0.0119. The van der Waals surface area contributed by atoms with E-state index < -0.39 is 0 Å². The zero-order valence-corrected chi connectivity index (χ0v) is 19.8. The molecule has 0 heterocycles. The molecule has 0 amide bonds. The molecule has 0 saturated heterocycles. The van der Waals surface area contributed by atoms with Gasteiger partial charge in [-0.15, -0.1) is 6.58 Å². The quantitative estimate of drug-likeness (QED) is 0.265. The summed E-state index contributed by atoms with van der Waals surface area (Å²) in [4.78, 5) is 12.7. The predicted molar refractivity (Wildman–Crippen MR) is 131 cm³/mol. The van der Waals surface area contributed by atoms with E-state index in [4.69, 9.17) is 9.47 Å². The maximum atomic E-state index is 12.7. The highest BCUT2D eigenvalue weighted by Gasteiger charge is 2.24. The Balaban J connectivity index is 2.51. The van der Waals surface area contributed by atoms with Crippen LogP contribution in [0.25, 0.3) is 6.08 Å². The number of benzene rings is 2. The SMILES string of the molecule is C=CC(C)(C)c1cc(C=CC(=O)c2ccc(NC)cc2)c(OC(C)C)cc1OC(C)C. The minimum Gasteiger partial charge on any atom is -0.491 e. The standard InChI is InChI=1S/C27H35NO3/c1-9-27(6,7)23-16-21(25(30-18(2)3)17-26(23)31-19(4)5)12-15-24(29)20-10-13-22(28-8)14-11-20/h9-19,28H,1H2,2-8H3. The Labute approximate surface area is 187 Å². The Morgan fingerprint density at radius 3 is 2.10 bits per heavy atom. The van der Waals surface area contributed by atoms with Gasteiger partial charge in [-0.3, -0.25) is 4.79 Å². The largest absolute Gasteiger partial charge is 0.491 e. The Kier molecular flexibility index (Phi) is 8.09. The van der Waals surface area contributed by atoms with Crippen molar-refractivity contribution >= 4 is 17.5 Å². The molecule has 2 aromatic rings. The molecule has 166 valence electrons. The maximum Gasteiger partial charge on any atom is 0.185 e. The number of rotatable bonds is 10. The highest BCUT2D eigenvalue weighted by atomic mass is 16.5. The van der Waals surface area contributed by atoms with Crippen LogP contribution < -0.4 is 14.8 Å². The lowest BCUT2D eigenvalue weighted by atomic mass is 9.83. The van der Waals surface area contributed by atoms with Crippen LogP contribution in [0.2, 0.25) is 0 Å². The molecular formula is C27H35NO3. The molecule has 2 rings (SSSR count). The zero-order chi connectivity index (χ0) is 23.2. The molecule has 0 aliphatic rings. The lowest BCUT2D eigenvalue weighted by molar-refractivity contribution is 0.104. The van der Waals surface area contributed by atoms with Crippen LogP contribution in [0.3, 0.4) is 0 Å². The van der Waals surface area contributed by atoms with Gasteiger partial charge in [-0.1, -0.05) is 19.9 Å². The number of carbonyl (C=O) groups is 1. The van der Waals surface area contributed by atoms with E-state index in [1.807, 2.05) is 83.3 Å². The van der Waals surface area contributed by atoms with Crippen LogP contribution in [0.4, 0.5) is 5.69 Å². The first-order valence-electron chi connectivity index (χ1n) is 10.7. The molecule has 4 heteroatoms. The van der Waals surface area contributed by atoms with Crippen molar-refractivity contribution in [2.24, 2.45) is 0 Å². The van der Waals surface area contributed by atoms with Gasteiger partial charge in [0.15, 0.2) is 5.78 Å². The summed E-state index contributed by atoms with van der Waals surface area (Å²) in [5, 5.41) is 3.06. The molecule has 31 heavy (non-hydrogen) atoms. The number of hydrogen-bond donors (Lipinski definition) is 1. The maximum absolute atomic E-state index is 12.7. The molecule has 0 unspecified atom stereocenters. The third-order valence-corrected chi connectivity index (χ3v) is 4.91. The summed E-state index contributed by atoms with van der Waals surface area (Å²) in [6.45, 7) is 16.1. The van der Waals surface area contributed by atoms with E-state index >= 15 is 0 Å². The molecule has 0 aliphatic heterocycles. The number of anilines is 1. The molecule has 0 aromatic heterocycles. The number of allylic oxidation sites excluding steroid dienone is 2. The summed E-state index contributed by atoms with van der Waals surface area (Å²) in [5.41, 5.74) is 3.11. The molecule has 0 atom stereocenters. The van der Waals surface area contributed by atoms with Crippen molar-refractivity contribution in [3.8, 4) is 11.5 Å². The molecule has 0 spiro atoms. The number of nitrogens with one attached hydrogen (secondary N) is 1. The van der Waals surface area contributed by atoms with Gasteiger partial charge in [-0.05, 0) is 70.2 Å². The van der Waals surface area contributed by atoms with Crippen LogP contribution in [-0.2, 0) is 5.41 Å². The molecule has 0 bridgehead atoms. The normalized spacial score (nSPS) is 11.8. The molecule has 4 nitrogen and oxygen atoms in total. The van der Waals surface area contributed by atoms with E-state index in [0.717, 1.165) is 22.6 Å². The fourth-order valence-electron chi connectivity index (χ4n) is 3.09. The molecule has 2 aromatic carbocycles. The monoisotopic (exact) mass is 421 g/mol. The van der Waals surface area contributed by atoms with E-state index in [2.05, 4.69) is 25.7 Å². The van der Waals surface area contributed by atoms with Gasteiger partial charge in [-0.25, -0.2) is 0 Å². The van der Waals surface area contributed by atoms with Crippen LogP contribution in [0, 0.1) is 0 Å². The second kappa shape index (κ2) is 10.3. The van der Waals surface area contributed by atoms with Crippen LogP contribution in [0.15, 0.2) is 55.1 Å². The van der Waals surface area contributed by atoms with Crippen molar-refractivity contribution < 1.29 is 14.3 Å². The third-order valence-electron chi connectivity index (χ3n) is 4.91. The summed E-state index contributed by atoms with van der Waals surface area (Å²) in [6.07, 6.45) is 5.32. The highest BCUT2D eigenvalue weighted by molar-refractivity contribution is 6.07. The fraction of sp³-hybridized carbons (Fsp3) is 0.370. The van der Waals surface area contributed by atoms with Gasteiger partial charge in [0.05, 0.1) is 12.2 Å². The summed E-state index contributed by atoms with van der Waals surface area (Å²) in [5.74, 6) is 1.38. The molecule has 0 saturated carbocycles. The molecule has 0 aliphatic carbocycles. The minimum atomic E-state index is -0.309. The topological polar surface area (TPSA) is 47.6 Å². The van der Waals surface area contributed by atoms with Crippen molar-refractivity contribution in [2.45, 2.75) is 59.2 Å². The van der Waals surface area contributed by atoms with Gasteiger partial charge < -0.3 is 14.8 Å². The summed E-state index contributed by atoms with van der Waals surface area (Å²) >= 11 is 0. The number of ether oxygens (including phenoxy) is 2. The van der Waals surface area contributed by atoms with Gasteiger partial charge in [-0.2, -0.15) is 0 Å². The van der Waals surface area contributed by atoms with Gasteiger partial charge in [0.2, 0.25) is 0 Å². The summed E-state index contributed by atoms with van der Waals surface area (Å²) in [6, 6.07) is 11.4. The highest BCUT2D eigenvalue weighted by Crippen LogP contribution is 2.39. The van der Waals surface area contributed by atoms with Crippen molar-refractivity contribution in [3.63, 3.8) is 0 Å². The Hall–Kier alpha value is -3.01. The Morgan fingerprint density at radius 1 is 1.00 bits per heavy atom. The van der Waals surface area contributed by atoms with Crippen molar-refractivity contribution in [1.82, 2.24) is 0 Å². The van der Waals surface area contributed by atoms with E-state index in [1.54, 1.807) is 6.08 Å². The average molecular weight is 422 g/mol. The van der Waals surface area contributed by atoms with Crippen LogP contribution in [0.5, 0.6) is 11.5 Å². The van der Waals surface area contributed by atoms with Crippen LogP contribution >= 0.6 is 0 Å². The van der Waals surface area contributed by atoms with Gasteiger partial charge in [0, 0.05) is 40.9 Å². The van der Waals surface area contributed by atoms with Crippen molar-refractivity contribution in [3.05, 3.63) is 71.8 Å². The average Bonchev–Trinajstić information content (AvgIpc) is 2.72. The first kappa shape index (κ1) is 24.3. The lowest BCUT2D eigenvalue weighted by Gasteiger charge is -2.27. The first-order chi connectivity index (χ1) is 14.6. The van der Waals surface area contributed by atoms with Gasteiger partial charge in [0.1, 0.15) is 11.5 Å². The van der Waals surface area contributed by atoms with Gasteiger partial charge >= 0.3 is 0 Å². The molecule has 0 fully saturated rings. The van der Waals surface area contributed by atoms with Gasteiger partial charge in [0.25, 0.3) is 0 Å². The number of hydrogen-bond acceptors (Lipinski definition) is 4. The third kappa shape index (κ3) is 6.48. The number of ketones is 1. The summed E-state index contributed by atoms with van der Waals surface area (Å²) < 4.78 is 12.2. The van der Waals surface area contributed by atoms with Crippen molar-refractivity contribution in [1.29, 1.82) is 0 Å². The first-order valence-corrected chi connectivity index (χ1v) is 10.7. The molecule has 1 N–H and O–H groups in total. The lowest BCUT2D eigenvalue weighted by Crippen LogP contribution is -2.18. The zero-order valence-electron chi connectivity index (χ0n) is 19.8.